The van der Waals surface area contributed by atoms with Crippen molar-refractivity contribution in [3.05, 3.63) is 0 Å². The Bertz CT molecular complexity index is 173. The minimum Gasteiger partial charge on any atom is -0.357 e. The minimum atomic E-state index is 0.0698. The van der Waals surface area contributed by atoms with Crippen molar-refractivity contribution in [3.63, 3.8) is 0 Å². The zero-order valence-corrected chi connectivity index (χ0v) is 10.8. The summed E-state index contributed by atoms with van der Waals surface area (Å²) in [6, 6.07) is 0. The highest BCUT2D eigenvalue weighted by Gasteiger charge is 2.10. The summed E-state index contributed by atoms with van der Waals surface area (Å²) in [5, 5.41) is 6.57. The Kier molecular flexibility index (Phi) is 6.79. The van der Waals surface area contributed by atoms with E-state index in [4.69, 9.17) is 0 Å². The van der Waals surface area contributed by atoms with Gasteiger partial charge in [0, 0.05) is 17.8 Å². The lowest BCUT2D eigenvalue weighted by Gasteiger charge is -2.23. The first kappa shape index (κ1) is 13.6. The predicted molar refractivity (Wildman–Crippen MR) is 67.2 cm³/mol. The largest absolute Gasteiger partial charge is 0.357 e. The first-order valence-corrected chi connectivity index (χ1v) is 6.44. The maximum absolute atomic E-state index is 4.46. The van der Waals surface area contributed by atoms with Crippen molar-refractivity contribution in [2.75, 3.05) is 25.1 Å². The number of nitrogens with zero attached hydrogens (tertiary/aromatic N) is 1. The Labute approximate surface area is 92.1 Å². The van der Waals surface area contributed by atoms with Gasteiger partial charge in [0.2, 0.25) is 0 Å². The Hall–Kier alpha value is -0.380. The van der Waals surface area contributed by atoms with Gasteiger partial charge in [-0.3, -0.25) is 4.99 Å². The van der Waals surface area contributed by atoms with Crippen LogP contribution in [0.5, 0.6) is 0 Å². The summed E-state index contributed by atoms with van der Waals surface area (Å²) in [4.78, 5) is 4.46. The molecule has 0 radical (unpaired) electrons. The molecule has 3 nitrogen and oxygen atoms in total. The van der Waals surface area contributed by atoms with E-state index >= 15 is 0 Å². The average molecular weight is 217 g/mol. The Balaban J connectivity index is 4.06. The molecule has 2 N–H and O–H groups in total. The van der Waals surface area contributed by atoms with Gasteiger partial charge in [-0.2, -0.15) is 11.8 Å². The van der Waals surface area contributed by atoms with Crippen LogP contribution in [0.15, 0.2) is 4.99 Å². The van der Waals surface area contributed by atoms with Gasteiger partial charge in [-0.05, 0) is 34.0 Å². The molecule has 4 heteroatoms. The monoisotopic (exact) mass is 217 g/mol. The zero-order chi connectivity index (χ0) is 11.0. The fourth-order valence-electron chi connectivity index (χ4n) is 0.911. The fraction of sp³-hybridized carbons (Fsp3) is 0.900. The number of thioether (sulfide) groups is 1. The van der Waals surface area contributed by atoms with Crippen molar-refractivity contribution in [2.24, 2.45) is 4.99 Å². The molecule has 0 aromatic heterocycles. The molecular formula is C10H23N3S. The number of hydrogen-bond donors (Lipinski definition) is 2. The molecular weight excluding hydrogens is 194 g/mol. The lowest BCUT2D eigenvalue weighted by Crippen LogP contribution is -2.47. The Morgan fingerprint density at radius 1 is 1.36 bits per heavy atom. The van der Waals surface area contributed by atoms with Crippen LogP contribution in [-0.4, -0.2) is 36.6 Å². The number of nitrogens with one attached hydrogen (secondary N) is 2. The summed E-state index contributed by atoms with van der Waals surface area (Å²) < 4.78 is 0. The van der Waals surface area contributed by atoms with E-state index in [2.05, 4.69) is 49.6 Å². The van der Waals surface area contributed by atoms with Crippen LogP contribution in [0.4, 0.5) is 0 Å². The van der Waals surface area contributed by atoms with Gasteiger partial charge >= 0.3 is 0 Å². The highest BCUT2D eigenvalue weighted by molar-refractivity contribution is 7.98. The highest BCUT2D eigenvalue weighted by atomic mass is 32.2. The molecule has 14 heavy (non-hydrogen) atoms. The summed E-state index contributed by atoms with van der Waals surface area (Å²) in [6.07, 6.45) is 2.10. The third-order valence-electron chi connectivity index (χ3n) is 1.40. The van der Waals surface area contributed by atoms with Crippen LogP contribution in [-0.2, 0) is 0 Å². The first-order valence-electron chi connectivity index (χ1n) is 5.05. The van der Waals surface area contributed by atoms with Gasteiger partial charge in [0.1, 0.15) is 0 Å². The lowest BCUT2D eigenvalue weighted by molar-refractivity contribution is 0.502. The smallest absolute Gasteiger partial charge is 0.191 e. The fourth-order valence-corrected chi connectivity index (χ4v) is 1.18. The van der Waals surface area contributed by atoms with Gasteiger partial charge in [-0.1, -0.05) is 0 Å². The van der Waals surface area contributed by atoms with Gasteiger partial charge in [-0.25, -0.2) is 0 Å². The number of hydrogen-bond acceptors (Lipinski definition) is 2. The molecule has 0 aromatic carbocycles. The van der Waals surface area contributed by atoms with Gasteiger partial charge in [-0.15, -0.1) is 0 Å². The zero-order valence-electron chi connectivity index (χ0n) is 9.98. The molecule has 0 bridgehead atoms. The number of rotatable bonds is 4. The van der Waals surface area contributed by atoms with E-state index in [0.29, 0.717) is 0 Å². The van der Waals surface area contributed by atoms with Crippen molar-refractivity contribution >= 4 is 17.7 Å². The van der Waals surface area contributed by atoms with Crippen LogP contribution in [0.2, 0.25) is 0 Å². The second kappa shape index (κ2) is 6.98. The van der Waals surface area contributed by atoms with Gasteiger partial charge < -0.3 is 10.6 Å². The lowest BCUT2D eigenvalue weighted by atomic mass is 10.1. The van der Waals surface area contributed by atoms with Gasteiger partial charge in [0.25, 0.3) is 0 Å². The minimum absolute atomic E-state index is 0.0698. The molecule has 0 heterocycles. The van der Waals surface area contributed by atoms with E-state index in [-0.39, 0.29) is 5.54 Å². The van der Waals surface area contributed by atoms with Crippen molar-refractivity contribution in [3.8, 4) is 0 Å². The van der Waals surface area contributed by atoms with Crippen molar-refractivity contribution in [1.82, 2.24) is 10.6 Å². The summed E-state index contributed by atoms with van der Waals surface area (Å²) in [7, 11) is 0. The normalized spacial score (nSPS) is 12.8. The molecule has 0 rings (SSSR count). The molecule has 0 aliphatic carbocycles. The van der Waals surface area contributed by atoms with Crippen LogP contribution in [0.25, 0.3) is 0 Å². The van der Waals surface area contributed by atoms with Crippen molar-refractivity contribution < 1.29 is 0 Å². The molecule has 0 fully saturated rings. The van der Waals surface area contributed by atoms with Gasteiger partial charge in [0.15, 0.2) is 5.96 Å². The van der Waals surface area contributed by atoms with E-state index in [9.17, 15) is 0 Å². The molecule has 0 aromatic rings. The second-order valence-corrected chi connectivity index (χ2v) is 5.11. The molecule has 0 aliphatic rings. The van der Waals surface area contributed by atoms with Gasteiger partial charge in [0.05, 0.1) is 6.54 Å². The second-order valence-electron chi connectivity index (χ2n) is 4.13. The van der Waals surface area contributed by atoms with Crippen molar-refractivity contribution in [2.45, 2.75) is 33.2 Å². The topological polar surface area (TPSA) is 36.4 Å². The third-order valence-corrected chi connectivity index (χ3v) is 1.99. The predicted octanol–water partition coefficient (Wildman–Crippen LogP) is 1.70. The molecule has 0 unspecified atom stereocenters. The standard InChI is InChI=1S/C10H23N3S/c1-6-11-9(12-7-8-14-5)13-10(2,3)4/h6-8H2,1-5H3,(H2,11,12,13). The Morgan fingerprint density at radius 3 is 2.43 bits per heavy atom. The summed E-state index contributed by atoms with van der Waals surface area (Å²) in [5.74, 6) is 1.98. The van der Waals surface area contributed by atoms with Crippen LogP contribution >= 0.6 is 11.8 Å². The van der Waals surface area contributed by atoms with E-state index in [1.54, 1.807) is 0 Å². The average Bonchev–Trinajstić information content (AvgIpc) is 2.02. The third kappa shape index (κ3) is 8.23. The van der Waals surface area contributed by atoms with E-state index < -0.39 is 0 Å². The van der Waals surface area contributed by atoms with Crippen LogP contribution in [0, 0.1) is 0 Å². The maximum Gasteiger partial charge on any atom is 0.191 e. The van der Waals surface area contributed by atoms with Crippen LogP contribution < -0.4 is 10.6 Å². The number of aliphatic imine (C=N–C) groups is 1. The quantitative estimate of drug-likeness (QED) is 0.427. The first-order chi connectivity index (χ1) is 6.49. The summed E-state index contributed by atoms with van der Waals surface area (Å²) >= 11 is 1.82. The number of guanidine groups is 1. The molecule has 0 saturated carbocycles. The Morgan fingerprint density at radius 2 is 2.00 bits per heavy atom. The highest BCUT2D eigenvalue weighted by Crippen LogP contribution is 1.98. The summed E-state index contributed by atoms with van der Waals surface area (Å²) in [5.41, 5.74) is 0.0698. The summed E-state index contributed by atoms with van der Waals surface area (Å²) in [6.45, 7) is 10.2. The molecule has 0 spiro atoms. The van der Waals surface area contributed by atoms with E-state index in [1.165, 1.54) is 0 Å². The SMILES string of the molecule is CCNC(=NCCSC)NC(C)(C)C. The molecule has 0 saturated heterocycles. The molecule has 0 amide bonds. The van der Waals surface area contributed by atoms with Crippen LogP contribution in [0.1, 0.15) is 27.7 Å². The molecule has 0 aliphatic heterocycles. The molecule has 0 atom stereocenters. The van der Waals surface area contributed by atoms with Crippen molar-refractivity contribution in [1.29, 1.82) is 0 Å². The van der Waals surface area contributed by atoms with E-state index in [1.807, 2.05) is 11.8 Å². The van der Waals surface area contributed by atoms with Crippen LogP contribution in [0.3, 0.4) is 0 Å². The maximum atomic E-state index is 4.46. The van der Waals surface area contributed by atoms with E-state index in [0.717, 1.165) is 24.8 Å². The molecule has 84 valence electrons.